The van der Waals surface area contributed by atoms with Gasteiger partial charge < -0.3 is 0 Å². The van der Waals surface area contributed by atoms with E-state index in [2.05, 4.69) is 0 Å². The Balaban J connectivity index is 3.30. The van der Waals surface area contributed by atoms with Crippen molar-refractivity contribution in [3.8, 4) is 0 Å². The van der Waals surface area contributed by atoms with Crippen molar-refractivity contribution >= 4 is 21.6 Å². The Hall–Kier alpha value is -0.650. The van der Waals surface area contributed by atoms with Gasteiger partial charge in [0.05, 0.1) is 0 Å². The molecule has 0 saturated carbocycles. The molecule has 0 aliphatic carbocycles. The second-order valence-corrected chi connectivity index (χ2v) is 8.19. The summed E-state index contributed by atoms with van der Waals surface area (Å²) in [6.45, 7) is 7.63. The van der Waals surface area contributed by atoms with Crippen molar-refractivity contribution in [1.82, 2.24) is 4.31 Å². The third-order valence-corrected chi connectivity index (χ3v) is 5.86. The van der Waals surface area contributed by atoms with Gasteiger partial charge in [0.15, 0.2) is 0 Å². The van der Waals surface area contributed by atoms with Crippen molar-refractivity contribution in [3.63, 3.8) is 0 Å². The summed E-state index contributed by atoms with van der Waals surface area (Å²) in [6.07, 6.45) is 0. The first-order chi connectivity index (χ1) is 9.01. The average Bonchev–Trinajstić information content (AvgIpc) is 2.36. The van der Waals surface area contributed by atoms with Gasteiger partial charge in [-0.1, -0.05) is 26.8 Å². The molecule has 0 aromatic heterocycles. The second-order valence-electron chi connectivity index (χ2n) is 5.96. The van der Waals surface area contributed by atoms with E-state index in [0.29, 0.717) is 5.56 Å². The number of nitrogens with zero attached hydrogens (tertiary/aromatic N) is 1. The normalized spacial score (nSPS) is 14.6. The molecule has 3 nitrogen and oxygen atoms in total. The summed E-state index contributed by atoms with van der Waals surface area (Å²) in [4.78, 5) is -0.325. The van der Waals surface area contributed by atoms with Gasteiger partial charge >= 0.3 is 0 Å². The minimum atomic E-state index is -3.88. The lowest BCUT2D eigenvalue weighted by atomic mass is 9.88. The summed E-state index contributed by atoms with van der Waals surface area (Å²) in [5.74, 6) is -0.617. The van der Waals surface area contributed by atoms with E-state index in [4.69, 9.17) is 11.6 Å². The highest BCUT2D eigenvalue weighted by atomic mass is 35.5. The number of hydrogen-bond acceptors (Lipinski definition) is 2. The van der Waals surface area contributed by atoms with Crippen molar-refractivity contribution in [2.24, 2.45) is 5.41 Å². The average molecular weight is 322 g/mol. The van der Waals surface area contributed by atoms with Gasteiger partial charge in [-0.25, -0.2) is 12.8 Å². The van der Waals surface area contributed by atoms with Crippen LogP contribution in [0.15, 0.2) is 23.1 Å². The van der Waals surface area contributed by atoms with Crippen molar-refractivity contribution in [3.05, 3.63) is 29.6 Å². The molecule has 0 N–H and O–H groups in total. The van der Waals surface area contributed by atoms with Crippen LogP contribution in [0.5, 0.6) is 0 Å². The number of benzene rings is 1. The number of halogens is 2. The monoisotopic (exact) mass is 321 g/mol. The Labute approximate surface area is 125 Å². The van der Waals surface area contributed by atoms with Crippen molar-refractivity contribution in [2.75, 3.05) is 7.05 Å². The summed E-state index contributed by atoms with van der Waals surface area (Å²) in [5, 5.41) is 0. The lowest BCUT2D eigenvalue weighted by Gasteiger charge is -2.34. The third-order valence-electron chi connectivity index (χ3n) is 3.61. The minimum Gasteiger partial charge on any atom is -0.207 e. The maximum atomic E-state index is 13.9. The zero-order valence-electron chi connectivity index (χ0n) is 12.4. The molecule has 0 saturated heterocycles. The molecule has 1 aromatic carbocycles. The van der Waals surface area contributed by atoms with E-state index in [1.54, 1.807) is 6.92 Å². The maximum absolute atomic E-state index is 13.9. The molecule has 0 spiro atoms. The largest absolute Gasteiger partial charge is 0.246 e. The molecule has 0 heterocycles. The van der Waals surface area contributed by atoms with E-state index in [1.165, 1.54) is 23.5 Å². The Morgan fingerprint density at radius 2 is 1.90 bits per heavy atom. The summed E-state index contributed by atoms with van der Waals surface area (Å²) in [7, 11) is -2.41. The van der Waals surface area contributed by atoms with Gasteiger partial charge in [-0.3, -0.25) is 0 Å². The van der Waals surface area contributed by atoms with E-state index < -0.39 is 15.8 Å². The molecule has 114 valence electrons. The molecule has 0 radical (unpaired) electrons. The molecule has 0 amide bonds. The standard InChI is InChI=1S/C14H21ClFNO2S/c1-10(14(2,3)4)17(5)20(18,19)13-8-11(9-15)6-7-12(13)16/h6-8,10H,9H2,1-5H3. The highest BCUT2D eigenvalue weighted by Crippen LogP contribution is 2.29. The lowest BCUT2D eigenvalue weighted by molar-refractivity contribution is 0.216. The SMILES string of the molecule is CC(N(C)S(=O)(=O)c1cc(CCl)ccc1F)C(C)(C)C. The minimum absolute atomic E-state index is 0.140. The highest BCUT2D eigenvalue weighted by Gasteiger charge is 2.34. The summed E-state index contributed by atoms with van der Waals surface area (Å²) in [6, 6.07) is 3.64. The summed E-state index contributed by atoms with van der Waals surface area (Å²) >= 11 is 5.69. The molecule has 0 fully saturated rings. The van der Waals surface area contributed by atoms with E-state index in [9.17, 15) is 12.8 Å². The Bertz CT molecular complexity index is 581. The lowest BCUT2D eigenvalue weighted by Crippen LogP contribution is -2.43. The van der Waals surface area contributed by atoms with Gasteiger partial charge in [-0.05, 0) is 30.0 Å². The van der Waals surface area contributed by atoms with Gasteiger partial charge in [0, 0.05) is 19.0 Å². The summed E-state index contributed by atoms with van der Waals surface area (Å²) in [5.41, 5.74) is 0.325. The summed E-state index contributed by atoms with van der Waals surface area (Å²) < 4.78 is 40.2. The van der Waals surface area contributed by atoms with E-state index >= 15 is 0 Å². The first-order valence-corrected chi connectivity index (χ1v) is 8.31. The van der Waals surface area contributed by atoms with E-state index in [-0.39, 0.29) is 22.2 Å². The van der Waals surface area contributed by atoms with Crippen LogP contribution in [0.25, 0.3) is 0 Å². The van der Waals surface area contributed by atoms with E-state index in [0.717, 1.165) is 6.07 Å². The Morgan fingerprint density at radius 1 is 1.35 bits per heavy atom. The van der Waals surface area contributed by atoms with Crippen LogP contribution in [0.3, 0.4) is 0 Å². The zero-order chi connectivity index (χ0) is 15.7. The van der Waals surface area contributed by atoms with Gasteiger partial charge in [-0.15, -0.1) is 11.6 Å². The number of hydrogen-bond donors (Lipinski definition) is 0. The molecular weight excluding hydrogens is 301 g/mol. The quantitative estimate of drug-likeness (QED) is 0.794. The van der Waals surface area contributed by atoms with E-state index in [1.807, 2.05) is 20.8 Å². The van der Waals surface area contributed by atoms with Crippen LogP contribution in [-0.4, -0.2) is 25.8 Å². The van der Waals surface area contributed by atoms with Crippen molar-refractivity contribution in [1.29, 1.82) is 0 Å². The van der Waals surface area contributed by atoms with Crippen LogP contribution < -0.4 is 0 Å². The van der Waals surface area contributed by atoms with Crippen LogP contribution in [-0.2, 0) is 15.9 Å². The van der Waals surface area contributed by atoms with Crippen molar-refractivity contribution < 1.29 is 12.8 Å². The predicted octanol–water partition coefficient (Wildman–Crippen LogP) is 3.62. The molecule has 1 aromatic rings. The highest BCUT2D eigenvalue weighted by molar-refractivity contribution is 7.89. The molecule has 1 unspecified atom stereocenters. The maximum Gasteiger partial charge on any atom is 0.246 e. The van der Waals surface area contributed by atoms with Crippen LogP contribution in [0.2, 0.25) is 0 Å². The van der Waals surface area contributed by atoms with Gasteiger partial charge in [-0.2, -0.15) is 4.31 Å². The molecule has 6 heteroatoms. The van der Waals surface area contributed by atoms with Gasteiger partial charge in [0.2, 0.25) is 10.0 Å². The molecule has 1 rings (SSSR count). The van der Waals surface area contributed by atoms with Crippen LogP contribution in [0.1, 0.15) is 33.3 Å². The van der Waals surface area contributed by atoms with Crippen molar-refractivity contribution in [2.45, 2.75) is 44.5 Å². The van der Waals surface area contributed by atoms with Crippen LogP contribution in [0, 0.1) is 11.2 Å². The molecular formula is C14H21ClFNO2S. The fourth-order valence-corrected chi connectivity index (χ4v) is 3.56. The Kier molecular flexibility index (Phi) is 5.22. The smallest absolute Gasteiger partial charge is 0.207 e. The fourth-order valence-electron chi connectivity index (χ4n) is 1.74. The topological polar surface area (TPSA) is 37.4 Å². The van der Waals surface area contributed by atoms with Crippen LogP contribution >= 0.6 is 11.6 Å². The predicted molar refractivity (Wildman–Crippen MR) is 79.8 cm³/mol. The van der Waals surface area contributed by atoms with Gasteiger partial charge in [0.1, 0.15) is 10.7 Å². The number of rotatable bonds is 4. The Morgan fingerprint density at radius 3 is 2.35 bits per heavy atom. The van der Waals surface area contributed by atoms with Gasteiger partial charge in [0.25, 0.3) is 0 Å². The molecule has 1 atom stereocenters. The molecule has 0 aliphatic rings. The van der Waals surface area contributed by atoms with Crippen LogP contribution in [0.4, 0.5) is 4.39 Å². The number of sulfonamides is 1. The molecule has 20 heavy (non-hydrogen) atoms. The molecule has 0 bridgehead atoms. The fraction of sp³-hybridized carbons (Fsp3) is 0.571. The first kappa shape index (κ1) is 17.4. The first-order valence-electron chi connectivity index (χ1n) is 6.34. The molecule has 0 aliphatic heterocycles. The second kappa shape index (κ2) is 6.00. The third kappa shape index (κ3) is 3.51. The number of alkyl halides is 1. The zero-order valence-corrected chi connectivity index (χ0v) is 14.0.